The van der Waals surface area contributed by atoms with E-state index in [0.717, 1.165) is 21.9 Å². The van der Waals surface area contributed by atoms with Crippen molar-refractivity contribution in [3.8, 4) is 0 Å². The number of hydrogen-bond acceptors (Lipinski definition) is 4. The Morgan fingerprint density at radius 3 is 2.57 bits per heavy atom. The number of aromatic amines is 1. The highest BCUT2D eigenvalue weighted by atomic mass is 79.9. The monoisotopic (exact) mass is 580 g/mol. The number of carbonyl (C=O) groups is 3. The van der Waals surface area contributed by atoms with E-state index in [1.165, 1.54) is 6.07 Å². The third kappa shape index (κ3) is 4.51. The second-order valence-corrected chi connectivity index (χ2v) is 10.1. The SMILES string of the molecule is O=C(CCC(F)(F)F)CN1C(=O)C2(CCN(C(=O)c3ccc4[nH]ncc4c3)CC2)c2c1ccc(F)c2Br. The van der Waals surface area contributed by atoms with E-state index in [9.17, 15) is 31.9 Å². The van der Waals surface area contributed by atoms with E-state index in [4.69, 9.17) is 0 Å². The number of amides is 2. The summed E-state index contributed by atoms with van der Waals surface area (Å²) < 4.78 is 52.4. The van der Waals surface area contributed by atoms with Gasteiger partial charge in [-0.25, -0.2) is 4.39 Å². The smallest absolute Gasteiger partial charge is 0.339 e. The fourth-order valence-corrected chi connectivity index (χ4v) is 5.92. The Bertz CT molecular complexity index is 1410. The number of halogens is 5. The molecule has 37 heavy (non-hydrogen) atoms. The molecule has 1 fully saturated rings. The number of carbonyl (C=O) groups excluding carboxylic acids is 3. The minimum atomic E-state index is -4.49. The van der Waals surface area contributed by atoms with Crippen LogP contribution >= 0.6 is 15.9 Å². The van der Waals surface area contributed by atoms with Gasteiger partial charge in [-0.2, -0.15) is 18.3 Å². The van der Waals surface area contributed by atoms with Gasteiger partial charge in [0.2, 0.25) is 5.91 Å². The van der Waals surface area contributed by atoms with E-state index in [2.05, 4.69) is 26.1 Å². The Morgan fingerprint density at radius 1 is 1.14 bits per heavy atom. The van der Waals surface area contributed by atoms with Crippen molar-refractivity contribution in [2.75, 3.05) is 24.5 Å². The summed E-state index contributed by atoms with van der Waals surface area (Å²) in [6.07, 6.45) is -4.55. The largest absolute Gasteiger partial charge is 0.389 e. The molecule has 1 saturated heterocycles. The first-order valence-corrected chi connectivity index (χ1v) is 12.4. The molecule has 3 aromatic rings. The zero-order chi connectivity index (χ0) is 26.5. The van der Waals surface area contributed by atoms with Crippen LogP contribution in [0.15, 0.2) is 41.0 Å². The highest BCUT2D eigenvalue weighted by molar-refractivity contribution is 9.10. The van der Waals surface area contributed by atoms with E-state index in [1.807, 2.05) is 0 Å². The van der Waals surface area contributed by atoms with Gasteiger partial charge >= 0.3 is 6.18 Å². The van der Waals surface area contributed by atoms with Gasteiger partial charge < -0.3 is 9.80 Å². The van der Waals surface area contributed by atoms with Crippen molar-refractivity contribution >= 4 is 50.1 Å². The van der Waals surface area contributed by atoms with Crippen LogP contribution < -0.4 is 4.90 Å². The summed E-state index contributed by atoms with van der Waals surface area (Å²) in [5.41, 5.74) is 0.717. The number of fused-ring (bicyclic) bond motifs is 3. The minimum Gasteiger partial charge on any atom is -0.339 e. The Kier molecular flexibility index (Phi) is 6.33. The molecule has 12 heteroatoms. The van der Waals surface area contributed by atoms with Gasteiger partial charge in [0.1, 0.15) is 5.82 Å². The summed E-state index contributed by atoms with van der Waals surface area (Å²) in [6, 6.07) is 7.68. The molecule has 0 atom stereocenters. The lowest BCUT2D eigenvalue weighted by Gasteiger charge is -2.39. The van der Waals surface area contributed by atoms with Crippen molar-refractivity contribution in [1.82, 2.24) is 15.1 Å². The molecule has 0 saturated carbocycles. The molecule has 2 aliphatic rings. The van der Waals surface area contributed by atoms with Gasteiger partial charge in [0, 0.05) is 41.7 Å². The van der Waals surface area contributed by atoms with Crippen molar-refractivity contribution in [2.45, 2.75) is 37.3 Å². The van der Waals surface area contributed by atoms with Gasteiger partial charge in [0.15, 0.2) is 5.78 Å². The highest BCUT2D eigenvalue weighted by Gasteiger charge is 2.54. The lowest BCUT2D eigenvalue weighted by atomic mass is 9.73. The number of ketones is 1. The molecule has 1 N–H and O–H groups in total. The van der Waals surface area contributed by atoms with Crippen LogP contribution in [-0.2, 0) is 15.0 Å². The van der Waals surface area contributed by atoms with Crippen LogP contribution in [-0.4, -0.2) is 58.5 Å². The number of aromatic nitrogens is 2. The number of rotatable bonds is 5. The Morgan fingerprint density at radius 2 is 1.86 bits per heavy atom. The Hall–Kier alpha value is -3.28. The topological polar surface area (TPSA) is 86.4 Å². The first-order valence-electron chi connectivity index (χ1n) is 11.6. The van der Waals surface area contributed by atoms with Gasteiger partial charge in [-0.05, 0) is 59.1 Å². The van der Waals surface area contributed by atoms with Crippen molar-refractivity contribution in [2.24, 2.45) is 0 Å². The second-order valence-electron chi connectivity index (χ2n) is 9.35. The number of piperidine rings is 1. The average Bonchev–Trinajstić information content (AvgIpc) is 3.42. The number of alkyl halides is 3. The summed E-state index contributed by atoms with van der Waals surface area (Å²) in [6.45, 7) is -0.131. The lowest BCUT2D eigenvalue weighted by molar-refractivity contribution is -0.142. The third-order valence-corrected chi connectivity index (χ3v) is 7.89. The Balaban J connectivity index is 1.39. The molecule has 0 unspecified atom stereocenters. The zero-order valence-corrected chi connectivity index (χ0v) is 21.0. The van der Waals surface area contributed by atoms with E-state index < -0.39 is 48.5 Å². The third-order valence-electron chi connectivity index (χ3n) is 7.11. The van der Waals surface area contributed by atoms with E-state index >= 15 is 0 Å². The maximum atomic E-state index is 14.6. The molecule has 1 aromatic heterocycles. The summed E-state index contributed by atoms with van der Waals surface area (Å²) >= 11 is 3.24. The van der Waals surface area contributed by atoms with E-state index in [0.29, 0.717) is 16.8 Å². The summed E-state index contributed by atoms with van der Waals surface area (Å²) in [5, 5.41) is 7.56. The van der Waals surface area contributed by atoms with Gasteiger partial charge in [-0.3, -0.25) is 19.5 Å². The summed E-state index contributed by atoms with van der Waals surface area (Å²) in [5.74, 6) is -2.03. The predicted molar refractivity (Wildman–Crippen MR) is 130 cm³/mol. The van der Waals surface area contributed by atoms with Crippen molar-refractivity contribution < 1.29 is 31.9 Å². The van der Waals surface area contributed by atoms with E-state index in [1.54, 1.807) is 29.3 Å². The molecule has 7 nitrogen and oxygen atoms in total. The molecular weight excluding hydrogens is 560 g/mol. The van der Waals surface area contributed by atoms with Crippen molar-refractivity contribution in [1.29, 1.82) is 0 Å². The van der Waals surface area contributed by atoms with Crippen LogP contribution in [0.5, 0.6) is 0 Å². The van der Waals surface area contributed by atoms with Gasteiger partial charge in [-0.15, -0.1) is 0 Å². The van der Waals surface area contributed by atoms with E-state index in [-0.39, 0.29) is 36.3 Å². The number of Topliss-reactive ketones (excluding diaryl/α,β-unsaturated/α-hetero) is 1. The molecule has 3 heterocycles. The number of nitrogens with zero attached hydrogens (tertiary/aromatic N) is 3. The van der Waals surface area contributed by atoms with Crippen molar-refractivity contribution in [3.63, 3.8) is 0 Å². The van der Waals surface area contributed by atoms with Crippen LogP contribution in [0.3, 0.4) is 0 Å². The van der Waals surface area contributed by atoms with Gasteiger partial charge in [-0.1, -0.05) is 0 Å². The first kappa shape index (κ1) is 25.4. The zero-order valence-electron chi connectivity index (χ0n) is 19.4. The number of H-pyrrole nitrogens is 1. The molecule has 2 aliphatic heterocycles. The highest BCUT2D eigenvalue weighted by Crippen LogP contribution is 2.51. The number of likely N-dealkylation sites (tertiary alicyclic amines) is 1. The lowest BCUT2D eigenvalue weighted by Crippen LogP contribution is -2.50. The fourth-order valence-electron chi connectivity index (χ4n) is 5.20. The number of hydrogen-bond donors (Lipinski definition) is 1. The maximum Gasteiger partial charge on any atom is 0.389 e. The van der Waals surface area contributed by atoms with Gasteiger partial charge in [0.05, 0.1) is 34.6 Å². The maximum absolute atomic E-state index is 14.6. The van der Waals surface area contributed by atoms with Crippen LogP contribution in [0.2, 0.25) is 0 Å². The second kappa shape index (κ2) is 9.23. The van der Waals surface area contributed by atoms with Gasteiger partial charge in [0.25, 0.3) is 5.91 Å². The van der Waals surface area contributed by atoms with Crippen LogP contribution in [0.25, 0.3) is 10.9 Å². The van der Waals surface area contributed by atoms with Crippen LogP contribution in [0, 0.1) is 5.82 Å². The summed E-state index contributed by atoms with van der Waals surface area (Å²) in [7, 11) is 0. The molecule has 0 radical (unpaired) electrons. The molecule has 1 spiro atoms. The average molecular weight is 581 g/mol. The van der Waals surface area contributed by atoms with Crippen LogP contribution in [0.1, 0.15) is 41.6 Å². The number of nitrogens with one attached hydrogen (secondary N) is 1. The molecule has 0 bridgehead atoms. The number of anilines is 1. The van der Waals surface area contributed by atoms with Crippen molar-refractivity contribution in [3.05, 3.63) is 57.9 Å². The molecule has 194 valence electrons. The normalized spacial score (nSPS) is 17.1. The first-order chi connectivity index (χ1) is 17.5. The summed E-state index contributed by atoms with van der Waals surface area (Å²) in [4.78, 5) is 42.0. The molecule has 0 aliphatic carbocycles. The quantitative estimate of drug-likeness (QED) is 0.435. The Labute approximate surface area is 216 Å². The number of benzene rings is 2. The molecule has 5 rings (SSSR count). The standard InChI is InChI=1S/C25H21BrF4N4O3/c26-21-17(27)2-4-19-20(21)24(23(37)34(19)13-16(35)5-6-25(28,29)30)7-9-33(10-8-24)22(36)14-1-3-18-15(11-14)12-31-32-18/h1-4,11-12H,5-10,13H2,(H,31,32). The van der Waals surface area contributed by atoms with Crippen LogP contribution in [0.4, 0.5) is 23.2 Å². The fraction of sp³-hybridized carbons (Fsp3) is 0.360. The predicted octanol–water partition coefficient (Wildman–Crippen LogP) is 4.90. The molecule has 2 aromatic carbocycles. The molecular formula is C25H21BrF4N4O3. The minimum absolute atomic E-state index is 0.0776. The molecule has 2 amide bonds.